The Kier molecular flexibility index (Phi) is 8.02. The highest BCUT2D eigenvalue weighted by molar-refractivity contribution is 14.1. The molecule has 1 aromatic carbocycles. The number of halogens is 2. The van der Waals surface area contributed by atoms with Crippen molar-refractivity contribution in [1.29, 1.82) is 0 Å². The van der Waals surface area contributed by atoms with Gasteiger partial charge in [0.2, 0.25) is 0 Å². The molecule has 0 aliphatic heterocycles. The van der Waals surface area contributed by atoms with E-state index in [9.17, 15) is 9.59 Å². The van der Waals surface area contributed by atoms with E-state index in [1.165, 1.54) is 3.57 Å². The van der Waals surface area contributed by atoms with Crippen molar-refractivity contribution < 1.29 is 19.4 Å². The molecular formula is C9H8ClIO4. The van der Waals surface area contributed by atoms with Crippen molar-refractivity contribution in [3.8, 4) is 0 Å². The number of hydrogen-bond acceptors (Lipinski definition) is 3. The standard InChI is InChI=1S/C6H5I.C3H3ClO4/c7-6-4-2-1-3-5-6;4-1-8-3(7)2(5)6/h1-5H;1H2,(H,5,6). The van der Waals surface area contributed by atoms with Gasteiger partial charge in [0, 0.05) is 3.57 Å². The molecule has 4 nitrogen and oxygen atoms in total. The zero-order valence-corrected chi connectivity index (χ0v) is 10.4. The molecule has 0 aliphatic rings. The van der Waals surface area contributed by atoms with Crippen LogP contribution in [0.25, 0.3) is 0 Å². The monoisotopic (exact) mass is 342 g/mol. The van der Waals surface area contributed by atoms with Crippen LogP contribution in [0.1, 0.15) is 0 Å². The van der Waals surface area contributed by atoms with Gasteiger partial charge in [-0.05, 0) is 34.7 Å². The molecule has 6 heteroatoms. The van der Waals surface area contributed by atoms with Gasteiger partial charge in [-0.2, -0.15) is 0 Å². The van der Waals surface area contributed by atoms with E-state index < -0.39 is 18.0 Å². The molecule has 0 spiro atoms. The quantitative estimate of drug-likeness (QED) is 0.367. The lowest BCUT2D eigenvalue weighted by molar-refractivity contribution is -0.162. The van der Waals surface area contributed by atoms with Crippen LogP contribution in [0.15, 0.2) is 30.3 Å². The van der Waals surface area contributed by atoms with Gasteiger partial charge in [0.05, 0.1) is 0 Å². The van der Waals surface area contributed by atoms with E-state index in [-0.39, 0.29) is 0 Å². The van der Waals surface area contributed by atoms with Gasteiger partial charge in [-0.3, -0.25) is 0 Å². The minimum Gasteiger partial charge on any atom is -0.473 e. The Morgan fingerprint density at radius 3 is 2.07 bits per heavy atom. The van der Waals surface area contributed by atoms with Crippen LogP contribution in [0.4, 0.5) is 0 Å². The van der Waals surface area contributed by atoms with E-state index in [2.05, 4.69) is 39.5 Å². The first-order valence-corrected chi connectivity index (χ1v) is 5.35. The van der Waals surface area contributed by atoms with Crippen molar-refractivity contribution in [3.05, 3.63) is 33.9 Å². The number of carbonyl (C=O) groups is 2. The summed E-state index contributed by atoms with van der Waals surface area (Å²) in [6, 6.07) is 9.79. The van der Waals surface area contributed by atoms with E-state index >= 15 is 0 Å². The number of aliphatic carboxylic acids is 1. The number of carbonyl (C=O) groups excluding carboxylic acids is 1. The molecule has 0 unspecified atom stereocenters. The molecule has 0 saturated heterocycles. The molecule has 0 heterocycles. The van der Waals surface area contributed by atoms with Gasteiger partial charge in [-0.25, -0.2) is 9.59 Å². The largest absolute Gasteiger partial charge is 0.473 e. The highest BCUT2D eigenvalue weighted by atomic mass is 127. The van der Waals surface area contributed by atoms with Crippen LogP contribution in [0.3, 0.4) is 0 Å². The number of benzene rings is 1. The fourth-order valence-corrected chi connectivity index (χ4v) is 1.04. The molecule has 0 fully saturated rings. The number of hydrogen-bond donors (Lipinski definition) is 1. The van der Waals surface area contributed by atoms with Crippen molar-refractivity contribution >= 4 is 46.1 Å². The molecule has 0 atom stereocenters. The second-order valence-electron chi connectivity index (χ2n) is 2.14. The zero-order valence-electron chi connectivity index (χ0n) is 7.52. The minimum absolute atomic E-state index is 0.425. The Balaban J connectivity index is 0.000000262. The minimum atomic E-state index is -1.63. The molecular weight excluding hydrogens is 334 g/mol. The van der Waals surface area contributed by atoms with E-state index in [1.807, 2.05) is 18.2 Å². The molecule has 0 aliphatic carbocycles. The second-order valence-corrected chi connectivity index (χ2v) is 3.61. The molecule has 0 aromatic heterocycles. The third kappa shape index (κ3) is 8.19. The fourth-order valence-electron chi connectivity index (χ4n) is 0.526. The maximum atomic E-state index is 9.84. The smallest absolute Gasteiger partial charge is 0.418 e. The summed E-state index contributed by atoms with van der Waals surface area (Å²) in [4.78, 5) is 19.4. The van der Waals surface area contributed by atoms with Crippen LogP contribution in [-0.4, -0.2) is 23.1 Å². The maximum absolute atomic E-state index is 9.84. The summed E-state index contributed by atoms with van der Waals surface area (Å²) in [5.41, 5.74) is 0. The average Bonchev–Trinajstić information content (AvgIpc) is 2.20. The van der Waals surface area contributed by atoms with Gasteiger partial charge in [-0.1, -0.05) is 29.8 Å². The number of alkyl halides is 1. The van der Waals surface area contributed by atoms with Crippen LogP contribution < -0.4 is 0 Å². The lowest BCUT2D eigenvalue weighted by atomic mass is 10.4. The summed E-state index contributed by atoms with van der Waals surface area (Å²) >= 11 is 7.11. The lowest BCUT2D eigenvalue weighted by Gasteiger charge is -1.90. The van der Waals surface area contributed by atoms with Gasteiger partial charge in [0.25, 0.3) is 0 Å². The second kappa shape index (κ2) is 8.49. The Morgan fingerprint density at radius 1 is 1.33 bits per heavy atom. The summed E-state index contributed by atoms with van der Waals surface area (Å²) in [7, 11) is 0. The molecule has 0 radical (unpaired) electrons. The first-order valence-electron chi connectivity index (χ1n) is 3.74. The maximum Gasteiger partial charge on any atom is 0.418 e. The van der Waals surface area contributed by atoms with Crippen molar-refractivity contribution in [2.45, 2.75) is 0 Å². The first-order chi connectivity index (χ1) is 7.07. The number of rotatable bonds is 1. The summed E-state index contributed by atoms with van der Waals surface area (Å²) < 4.78 is 5.12. The summed E-state index contributed by atoms with van der Waals surface area (Å²) in [5, 5.41) is 7.78. The summed E-state index contributed by atoms with van der Waals surface area (Å²) in [6.45, 7) is 0. The third-order valence-corrected chi connectivity index (χ3v) is 1.92. The van der Waals surface area contributed by atoms with E-state index in [0.29, 0.717) is 0 Å². The average molecular weight is 343 g/mol. The molecule has 15 heavy (non-hydrogen) atoms. The number of carboxylic acid groups (broad SMARTS) is 1. The van der Waals surface area contributed by atoms with Gasteiger partial charge in [-0.15, -0.1) is 0 Å². The van der Waals surface area contributed by atoms with E-state index in [1.54, 1.807) is 0 Å². The molecule has 1 aromatic rings. The van der Waals surface area contributed by atoms with Crippen molar-refractivity contribution in [3.63, 3.8) is 0 Å². The summed E-state index contributed by atoms with van der Waals surface area (Å²) in [6.07, 6.45) is 0. The van der Waals surface area contributed by atoms with Crippen molar-refractivity contribution in [2.24, 2.45) is 0 Å². The Morgan fingerprint density at radius 2 is 1.87 bits per heavy atom. The molecule has 1 rings (SSSR count). The van der Waals surface area contributed by atoms with Crippen molar-refractivity contribution in [2.75, 3.05) is 6.07 Å². The third-order valence-electron chi connectivity index (χ3n) is 1.09. The SMILES string of the molecule is Ic1ccccc1.O=C(O)C(=O)OCCl. The van der Waals surface area contributed by atoms with Gasteiger partial charge >= 0.3 is 11.9 Å². The van der Waals surface area contributed by atoms with Crippen LogP contribution in [0.2, 0.25) is 0 Å². The highest BCUT2D eigenvalue weighted by Crippen LogP contribution is 1.99. The molecule has 1 N–H and O–H groups in total. The van der Waals surface area contributed by atoms with Crippen LogP contribution in [-0.2, 0) is 14.3 Å². The number of esters is 1. The molecule has 0 bridgehead atoms. The number of carboxylic acids is 1. The molecule has 0 amide bonds. The first kappa shape index (κ1) is 14.2. The van der Waals surface area contributed by atoms with Crippen molar-refractivity contribution in [1.82, 2.24) is 0 Å². The van der Waals surface area contributed by atoms with Gasteiger partial charge in [0.1, 0.15) is 0 Å². The number of ether oxygens (including phenoxy) is 1. The fraction of sp³-hybridized carbons (Fsp3) is 0.111. The predicted molar refractivity (Wildman–Crippen MR) is 63.6 cm³/mol. The Labute approximate surface area is 105 Å². The molecule has 0 saturated carbocycles. The Hall–Kier alpha value is -0.820. The van der Waals surface area contributed by atoms with Crippen LogP contribution in [0.5, 0.6) is 0 Å². The lowest BCUT2D eigenvalue weighted by Crippen LogP contribution is -2.15. The molecule has 82 valence electrons. The van der Waals surface area contributed by atoms with Gasteiger partial charge < -0.3 is 9.84 Å². The zero-order chi connectivity index (χ0) is 11.7. The van der Waals surface area contributed by atoms with Crippen LogP contribution >= 0.6 is 34.2 Å². The van der Waals surface area contributed by atoms with E-state index in [0.717, 1.165) is 0 Å². The van der Waals surface area contributed by atoms with Gasteiger partial charge in [0.15, 0.2) is 6.07 Å². The Bertz CT molecular complexity index is 315. The highest BCUT2D eigenvalue weighted by Gasteiger charge is 2.10. The summed E-state index contributed by atoms with van der Waals surface area (Å²) in [5.74, 6) is -2.97. The van der Waals surface area contributed by atoms with Crippen LogP contribution in [0, 0.1) is 3.57 Å². The topological polar surface area (TPSA) is 63.6 Å². The van der Waals surface area contributed by atoms with E-state index in [4.69, 9.17) is 16.7 Å². The normalized spacial score (nSPS) is 8.40. The predicted octanol–water partition coefficient (Wildman–Crippen LogP) is 2.10.